The Kier molecular flexibility index (Phi) is 6.71. The molecule has 4 aromatic rings. The number of hydrazone groups is 1. The van der Waals surface area contributed by atoms with E-state index in [-0.39, 0.29) is 23.7 Å². The predicted molar refractivity (Wildman–Crippen MR) is 171 cm³/mol. The van der Waals surface area contributed by atoms with Gasteiger partial charge in [-0.05, 0) is 91.2 Å². The summed E-state index contributed by atoms with van der Waals surface area (Å²) >= 11 is 10.7. The average Bonchev–Trinajstić information content (AvgIpc) is 3.22. The monoisotopic (exact) mass is 770 g/mol. The largest absolute Gasteiger partial charge is 0.487 e. The van der Waals surface area contributed by atoms with Crippen molar-refractivity contribution in [1.82, 2.24) is 5.01 Å². The maximum absolute atomic E-state index is 13.8. The topological polar surface area (TPSA) is 59.0 Å². The van der Waals surface area contributed by atoms with E-state index in [0.29, 0.717) is 11.6 Å². The maximum atomic E-state index is 13.8. The van der Waals surface area contributed by atoms with E-state index in [1.807, 2.05) is 60.7 Å². The van der Waals surface area contributed by atoms with E-state index >= 15 is 0 Å². The Morgan fingerprint density at radius 1 is 0.775 bits per heavy atom. The zero-order valence-corrected chi connectivity index (χ0v) is 26.0. The van der Waals surface area contributed by atoms with E-state index in [1.54, 1.807) is 6.21 Å². The molecule has 0 N–H and O–H groups in total. The Labute approximate surface area is 263 Å². The molecule has 0 saturated carbocycles. The lowest BCUT2D eigenvalue weighted by Gasteiger charge is -2.45. The average molecular weight is 771 g/mol. The van der Waals surface area contributed by atoms with Crippen molar-refractivity contribution in [2.24, 2.45) is 16.9 Å². The number of hydrogen-bond acceptors (Lipinski definition) is 4. The molecule has 8 rings (SSSR count). The summed E-state index contributed by atoms with van der Waals surface area (Å²) < 4.78 is 7.89. The molecular formula is C32H21ClI2N2O3. The number of imide groups is 1. The molecule has 8 heteroatoms. The Morgan fingerprint density at radius 3 is 1.75 bits per heavy atom. The fraction of sp³-hybridized carbons (Fsp3) is 0.156. The quantitative estimate of drug-likeness (QED) is 0.121. The van der Waals surface area contributed by atoms with Gasteiger partial charge in [0.2, 0.25) is 0 Å². The molecule has 0 radical (unpaired) electrons. The highest BCUT2D eigenvalue weighted by atomic mass is 127. The van der Waals surface area contributed by atoms with Crippen LogP contribution in [0.1, 0.15) is 45.2 Å². The van der Waals surface area contributed by atoms with E-state index in [2.05, 4.69) is 74.5 Å². The highest BCUT2D eigenvalue weighted by molar-refractivity contribution is 14.1. The molecule has 2 atom stereocenters. The first kappa shape index (κ1) is 26.2. The van der Waals surface area contributed by atoms with Crippen molar-refractivity contribution >= 4 is 74.8 Å². The summed E-state index contributed by atoms with van der Waals surface area (Å²) in [6.45, 7) is 0.353. The first-order valence-electron chi connectivity index (χ1n) is 12.9. The van der Waals surface area contributed by atoms with E-state index in [1.165, 1.54) is 0 Å². The van der Waals surface area contributed by atoms with Gasteiger partial charge in [-0.2, -0.15) is 10.1 Å². The third kappa shape index (κ3) is 4.11. The molecular weight excluding hydrogens is 750 g/mol. The Bertz CT molecular complexity index is 1600. The van der Waals surface area contributed by atoms with Crippen LogP contribution in [0.2, 0.25) is 5.02 Å². The Balaban J connectivity index is 1.17. The summed E-state index contributed by atoms with van der Waals surface area (Å²) in [5, 5.41) is 6.23. The number of nitrogens with zero attached hydrogens (tertiary/aromatic N) is 2. The fourth-order valence-electron chi connectivity index (χ4n) is 6.46. The molecule has 5 nitrogen and oxygen atoms in total. The van der Waals surface area contributed by atoms with Gasteiger partial charge < -0.3 is 4.74 Å². The zero-order valence-electron chi connectivity index (χ0n) is 20.9. The molecule has 4 aliphatic rings. The van der Waals surface area contributed by atoms with Crippen molar-refractivity contribution in [1.29, 1.82) is 0 Å². The molecule has 1 fully saturated rings. The van der Waals surface area contributed by atoms with Gasteiger partial charge in [0, 0.05) is 22.4 Å². The number of benzene rings is 4. The summed E-state index contributed by atoms with van der Waals surface area (Å²) in [4.78, 5) is 27.5. The van der Waals surface area contributed by atoms with Gasteiger partial charge in [0.25, 0.3) is 11.8 Å². The third-order valence-electron chi connectivity index (χ3n) is 8.10. The number of halogens is 3. The lowest BCUT2D eigenvalue weighted by molar-refractivity contribution is -0.139. The van der Waals surface area contributed by atoms with Crippen LogP contribution >= 0.6 is 56.8 Å². The molecule has 4 aromatic carbocycles. The van der Waals surface area contributed by atoms with E-state index in [4.69, 9.17) is 16.3 Å². The van der Waals surface area contributed by atoms with Crippen molar-refractivity contribution in [3.8, 4) is 5.75 Å². The fourth-order valence-corrected chi connectivity index (χ4v) is 8.78. The highest BCUT2D eigenvalue weighted by Gasteiger charge is 2.61. The molecule has 198 valence electrons. The van der Waals surface area contributed by atoms with Crippen LogP contribution in [0.5, 0.6) is 5.75 Å². The van der Waals surface area contributed by atoms with E-state index < -0.39 is 11.8 Å². The molecule has 0 spiro atoms. The number of carbonyl (C=O) groups is 2. The highest BCUT2D eigenvalue weighted by Crippen LogP contribution is 2.61. The minimum absolute atomic E-state index is 0.143. The van der Waals surface area contributed by atoms with Crippen molar-refractivity contribution < 1.29 is 14.3 Å². The summed E-state index contributed by atoms with van der Waals surface area (Å²) in [6.07, 6.45) is 1.59. The predicted octanol–water partition coefficient (Wildman–Crippen LogP) is 7.35. The normalized spacial score (nSPS) is 22.4. The van der Waals surface area contributed by atoms with Crippen LogP contribution in [0.25, 0.3) is 0 Å². The minimum Gasteiger partial charge on any atom is -0.487 e. The van der Waals surface area contributed by atoms with Crippen molar-refractivity contribution in [3.63, 3.8) is 0 Å². The lowest BCUT2D eigenvalue weighted by Crippen LogP contribution is -2.41. The van der Waals surface area contributed by atoms with E-state index in [0.717, 1.165) is 51.3 Å². The lowest BCUT2D eigenvalue weighted by atomic mass is 9.55. The molecule has 3 aliphatic carbocycles. The van der Waals surface area contributed by atoms with Crippen LogP contribution in [-0.2, 0) is 16.2 Å². The second-order valence-electron chi connectivity index (χ2n) is 10.2. The summed E-state index contributed by atoms with van der Waals surface area (Å²) in [5.41, 5.74) is 6.29. The first-order chi connectivity index (χ1) is 19.4. The maximum Gasteiger partial charge on any atom is 0.254 e. The van der Waals surface area contributed by atoms with Crippen LogP contribution < -0.4 is 4.74 Å². The smallest absolute Gasteiger partial charge is 0.254 e. The van der Waals surface area contributed by atoms with Gasteiger partial charge in [-0.25, -0.2) is 0 Å². The van der Waals surface area contributed by atoms with Crippen LogP contribution in [0.15, 0.2) is 90.0 Å². The van der Waals surface area contributed by atoms with Crippen LogP contribution in [0, 0.1) is 19.0 Å². The Morgan fingerprint density at radius 2 is 1.25 bits per heavy atom. The number of amides is 2. The number of carbonyl (C=O) groups excluding carboxylic acids is 2. The SMILES string of the molecule is O=C1[C@H]2C3c4ccccc4C(c4ccccc43)[C@@H]2C(=O)N1/N=C\c1cc(I)c(OCc2ccccc2Cl)c(I)c1. The summed E-state index contributed by atoms with van der Waals surface area (Å²) in [5.74, 6) is -0.875. The van der Waals surface area contributed by atoms with Gasteiger partial charge >= 0.3 is 0 Å². The van der Waals surface area contributed by atoms with Crippen LogP contribution in [-0.4, -0.2) is 23.0 Å². The summed E-state index contributed by atoms with van der Waals surface area (Å²) in [6, 6.07) is 27.9. The number of rotatable bonds is 5. The van der Waals surface area contributed by atoms with Gasteiger partial charge in [-0.1, -0.05) is 78.3 Å². The van der Waals surface area contributed by atoms with Crippen molar-refractivity contribution in [2.75, 3.05) is 0 Å². The second-order valence-corrected chi connectivity index (χ2v) is 12.9. The first-order valence-corrected chi connectivity index (χ1v) is 15.4. The van der Waals surface area contributed by atoms with Gasteiger partial charge in [0.05, 0.1) is 25.2 Å². The number of hydrogen-bond donors (Lipinski definition) is 0. The van der Waals surface area contributed by atoms with Gasteiger partial charge in [0.15, 0.2) is 0 Å². The van der Waals surface area contributed by atoms with Gasteiger partial charge in [-0.3, -0.25) is 9.59 Å². The van der Waals surface area contributed by atoms with Gasteiger partial charge in [0.1, 0.15) is 12.4 Å². The molecule has 0 unspecified atom stereocenters. The molecule has 2 amide bonds. The van der Waals surface area contributed by atoms with E-state index in [9.17, 15) is 9.59 Å². The van der Waals surface area contributed by atoms with Crippen LogP contribution in [0.3, 0.4) is 0 Å². The second kappa shape index (κ2) is 10.3. The summed E-state index contributed by atoms with van der Waals surface area (Å²) in [7, 11) is 0. The molecule has 1 saturated heterocycles. The molecule has 0 aromatic heterocycles. The van der Waals surface area contributed by atoms with Crippen LogP contribution in [0.4, 0.5) is 0 Å². The Hall–Kier alpha value is -2.76. The van der Waals surface area contributed by atoms with Gasteiger partial charge in [-0.15, -0.1) is 0 Å². The van der Waals surface area contributed by atoms with Crippen molar-refractivity contribution in [2.45, 2.75) is 18.4 Å². The molecule has 1 aliphatic heterocycles. The third-order valence-corrected chi connectivity index (χ3v) is 10.1. The molecule has 1 heterocycles. The van der Waals surface area contributed by atoms with Crippen molar-refractivity contribution in [3.05, 3.63) is 130 Å². The number of ether oxygens (including phenoxy) is 1. The molecule has 40 heavy (non-hydrogen) atoms. The standard InChI is InChI=1S/C32H21ClI2N2O3/c33-23-12-6-1-7-18(23)16-40-30-24(34)13-17(14-25(30)35)15-36-37-31(38)28-26-19-8-2-3-9-20(19)27(29(28)32(37)39)22-11-5-4-10-21(22)26/h1-15,26-29H,16H2/b36-15-/t26?,27?,28-,29-/m0/s1. The zero-order chi connectivity index (χ0) is 27.5. The minimum atomic E-state index is -0.444. The molecule has 2 bridgehead atoms.